The number of nitrogens with zero attached hydrogens (tertiary/aromatic N) is 1. The van der Waals surface area contributed by atoms with Crippen LogP contribution in [0.3, 0.4) is 0 Å². The molecule has 0 aromatic heterocycles. The summed E-state index contributed by atoms with van der Waals surface area (Å²) < 4.78 is 5.26. The first kappa shape index (κ1) is 25.3. The summed E-state index contributed by atoms with van der Waals surface area (Å²) in [5, 5.41) is 5.56. The molecule has 182 valence electrons. The molecule has 2 aromatic rings. The number of rotatable bonds is 8. The fourth-order valence-corrected chi connectivity index (χ4v) is 3.94. The van der Waals surface area contributed by atoms with Crippen molar-refractivity contribution in [3.05, 3.63) is 71.3 Å². The predicted molar refractivity (Wildman–Crippen MR) is 131 cm³/mol. The molecule has 0 radical (unpaired) electrons. The normalized spacial score (nSPS) is 14.5. The number of carbonyl (C=O) groups is 3. The van der Waals surface area contributed by atoms with Gasteiger partial charge in [-0.2, -0.15) is 0 Å². The molecule has 0 aliphatic heterocycles. The van der Waals surface area contributed by atoms with Gasteiger partial charge in [-0.1, -0.05) is 60.2 Å². The summed E-state index contributed by atoms with van der Waals surface area (Å²) in [6.45, 7) is 7.38. The monoisotopic (exact) mass is 465 g/mol. The van der Waals surface area contributed by atoms with Gasteiger partial charge in [0.25, 0.3) is 0 Å². The van der Waals surface area contributed by atoms with Crippen molar-refractivity contribution >= 4 is 17.9 Å². The van der Waals surface area contributed by atoms with Crippen LogP contribution in [-0.4, -0.2) is 41.0 Å². The van der Waals surface area contributed by atoms with Gasteiger partial charge >= 0.3 is 6.09 Å². The molecule has 2 N–H and O–H groups in total. The lowest BCUT2D eigenvalue weighted by Gasteiger charge is -2.42. The van der Waals surface area contributed by atoms with Crippen LogP contribution in [0, 0.1) is 6.92 Å². The minimum absolute atomic E-state index is 0.0547. The highest BCUT2D eigenvalue weighted by atomic mass is 16.6. The second-order valence-corrected chi connectivity index (χ2v) is 9.76. The molecule has 0 saturated heterocycles. The van der Waals surface area contributed by atoms with Crippen molar-refractivity contribution in [2.45, 2.75) is 71.2 Å². The summed E-state index contributed by atoms with van der Waals surface area (Å²) in [4.78, 5) is 40.7. The molecule has 7 nitrogen and oxygen atoms in total. The second-order valence-electron chi connectivity index (χ2n) is 9.76. The van der Waals surface area contributed by atoms with Crippen LogP contribution in [0.5, 0.6) is 0 Å². The highest BCUT2D eigenvalue weighted by molar-refractivity contribution is 5.90. The summed E-state index contributed by atoms with van der Waals surface area (Å²) in [6.07, 6.45) is 1.99. The lowest BCUT2D eigenvalue weighted by molar-refractivity contribution is -0.145. The Morgan fingerprint density at radius 2 is 1.74 bits per heavy atom. The van der Waals surface area contributed by atoms with E-state index in [1.165, 1.54) is 0 Å². The zero-order valence-corrected chi connectivity index (χ0v) is 20.5. The summed E-state index contributed by atoms with van der Waals surface area (Å²) in [7, 11) is 0. The van der Waals surface area contributed by atoms with Crippen LogP contribution >= 0.6 is 0 Å². The SMILES string of the molecule is Cc1cccc(C(C(=O)NCc2ccccc2)N(C(=O)CNC(=O)OC(C)(C)C)C2CCC2)c1. The molecule has 1 aliphatic carbocycles. The van der Waals surface area contributed by atoms with Crippen LogP contribution in [0.25, 0.3) is 0 Å². The smallest absolute Gasteiger partial charge is 0.408 e. The molecule has 0 bridgehead atoms. The number of amides is 3. The van der Waals surface area contributed by atoms with Crippen molar-refractivity contribution in [3.63, 3.8) is 0 Å². The van der Waals surface area contributed by atoms with Gasteiger partial charge in [0, 0.05) is 12.6 Å². The van der Waals surface area contributed by atoms with Crippen molar-refractivity contribution < 1.29 is 19.1 Å². The van der Waals surface area contributed by atoms with Gasteiger partial charge in [-0.05, 0) is 58.1 Å². The Labute approximate surface area is 201 Å². The molecule has 1 fully saturated rings. The van der Waals surface area contributed by atoms with Gasteiger partial charge in [-0.15, -0.1) is 0 Å². The van der Waals surface area contributed by atoms with Crippen molar-refractivity contribution in [1.29, 1.82) is 0 Å². The van der Waals surface area contributed by atoms with Gasteiger partial charge in [0.15, 0.2) is 0 Å². The number of aryl methyl sites for hydroxylation is 1. The number of hydrogen-bond donors (Lipinski definition) is 2. The van der Waals surface area contributed by atoms with Crippen LogP contribution in [0.1, 0.15) is 62.8 Å². The largest absolute Gasteiger partial charge is 0.444 e. The molecular formula is C27H35N3O4. The Hall–Kier alpha value is -3.35. The molecule has 1 atom stereocenters. The molecule has 1 unspecified atom stereocenters. The minimum Gasteiger partial charge on any atom is -0.444 e. The minimum atomic E-state index is -0.790. The standard InChI is InChI=1S/C27H35N3O4/c1-19-10-8-13-21(16-19)24(25(32)28-17-20-11-6-5-7-12-20)30(22-14-9-15-22)23(31)18-29-26(33)34-27(2,3)4/h5-8,10-13,16,22,24H,9,14-15,17-18H2,1-4H3,(H,28,32)(H,29,33). The third-order valence-electron chi connectivity index (χ3n) is 5.73. The average molecular weight is 466 g/mol. The van der Waals surface area contributed by atoms with E-state index in [0.717, 1.165) is 36.0 Å². The lowest BCUT2D eigenvalue weighted by atomic mass is 9.88. The highest BCUT2D eigenvalue weighted by Crippen LogP contribution is 2.33. The molecule has 3 amide bonds. The molecule has 0 spiro atoms. The van der Waals surface area contributed by atoms with Crippen molar-refractivity contribution in [3.8, 4) is 0 Å². The van der Waals surface area contributed by atoms with Crippen LogP contribution in [-0.2, 0) is 20.9 Å². The molecule has 3 rings (SSSR count). The first-order valence-corrected chi connectivity index (χ1v) is 11.8. The molecule has 2 aromatic carbocycles. The van der Waals surface area contributed by atoms with Gasteiger partial charge in [0.05, 0.1) is 0 Å². The highest BCUT2D eigenvalue weighted by Gasteiger charge is 2.38. The topological polar surface area (TPSA) is 87.7 Å². The maximum Gasteiger partial charge on any atom is 0.408 e. The van der Waals surface area contributed by atoms with Crippen LogP contribution in [0.4, 0.5) is 4.79 Å². The summed E-state index contributed by atoms with van der Waals surface area (Å²) in [6, 6.07) is 16.5. The van der Waals surface area contributed by atoms with Gasteiger partial charge in [0.1, 0.15) is 18.2 Å². The van der Waals surface area contributed by atoms with Crippen molar-refractivity contribution in [2.24, 2.45) is 0 Å². The number of ether oxygens (including phenoxy) is 1. The van der Waals surface area contributed by atoms with Crippen LogP contribution in [0.15, 0.2) is 54.6 Å². The number of alkyl carbamates (subject to hydrolysis) is 1. The Morgan fingerprint density at radius 3 is 2.32 bits per heavy atom. The Morgan fingerprint density at radius 1 is 1.03 bits per heavy atom. The van der Waals surface area contributed by atoms with Crippen molar-refractivity contribution in [2.75, 3.05) is 6.54 Å². The van der Waals surface area contributed by atoms with Gasteiger partial charge < -0.3 is 20.3 Å². The van der Waals surface area contributed by atoms with E-state index in [9.17, 15) is 14.4 Å². The number of nitrogens with one attached hydrogen (secondary N) is 2. The van der Waals surface area contributed by atoms with Crippen LogP contribution in [0.2, 0.25) is 0 Å². The molecule has 1 aliphatic rings. The molecule has 34 heavy (non-hydrogen) atoms. The average Bonchev–Trinajstić information content (AvgIpc) is 2.74. The number of hydrogen-bond acceptors (Lipinski definition) is 4. The van der Waals surface area contributed by atoms with E-state index in [1.807, 2.05) is 61.5 Å². The lowest BCUT2D eigenvalue weighted by Crippen LogP contribution is -2.53. The zero-order valence-electron chi connectivity index (χ0n) is 20.5. The quantitative estimate of drug-likeness (QED) is 0.610. The third-order valence-corrected chi connectivity index (χ3v) is 5.73. The molecule has 1 saturated carbocycles. The van der Waals surface area contributed by atoms with E-state index in [2.05, 4.69) is 10.6 Å². The fraction of sp³-hybridized carbons (Fsp3) is 0.444. The van der Waals surface area contributed by atoms with Crippen molar-refractivity contribution in [1.82, 2.24) is 15.5 Å². The van der Waals surface area contributed by atoms with E-state index in [4.69, 9.17) is 4.74 Å². The molecule has 7 heteroatoms. The van der Waals surface area contributed by atoms with E-state index >= 15 is 0 Å². The summed E-state index contributed by atoms with van der Waals surface area (Å²) in [5.74, 6) is -0.552. The third kappa shape index (κ3) is 7.07. The van der Waals surface area contributed by atoms with E-state index in [0.29, 0.717) is 6.54 Å². The predicted octanol–water partition coefficient (Wildman–Crippen LogP) is 4.26. The van der Waals surface area contributed by atoms with Crippen LogP contribution < -0.4 is 10.6 Å². The Balaban J connectivity index is 1.83. The fourth-order valence-electron chi connectivity index (χ4n) is 3.94. The number of benzene rings is 2. The first-order valence-electron chi connectivity index (χ1n) is 11.8. The zero-order chi connectivity index (χ0) is 24.7. The van der Waals surface area contributed by atoms with Gasteiger partial charge in [-0.25, -0.2) is 4.79 Å². The van der Waals surface area contributed by atoms with E-state index in [-0.39, 0.29) is 24.4 Å². The van der Waals surface area contributed by atoms with Gasteiger partial charge in [-0.3, -0.25) is 9.59 Å². The molecular weight excluding hydrogens is 430 g/mol. The van der Waals surface area contributed by atoms with Gasteiger partial charge in [0.2, 0.25) is 11.8 Å². The van der Waals surface area contributed by atoms with E-state index < -0.39 is 17.7 Å². The Bertz CT molecular complexity index is 996. The maximum absolute atomic E-state index is 13.5. The summed E-state index contributed by atoms with van der Waals surface area (Å²) >= 11 is 0. The number of carbonyl (C=O) groups excluding carboxylic acids is 3. The maximum atomic E-state index is 13.5. The van der Waals surface area contributed by atoms with E-state index in [1.54, 1.807) is 25.7 Å². The first-order chi connectivity index (χ1) is 16.1. The summed E-state index contributed by atoms with van der Waals surface area (Å²) in [5.41, 5.74) is 2.07. The second kappa shape index (κ2) is 11.2. The Kier molecular flexibility index (Phi) is 8.31. The molecule has 0 heterocycles.